The molecule has 7 heteroatoms. The number of halogens is 1. The van der Waals surface area contributed by atoms with Crippen LogP contribution in [0.2, 0.25) is 5.02 Å². The van der Waals surface area contributed by atoms with Gasteiger partial charge in [-0.15, -0.1) is 0 Å². The molecule has 0 radical (unpaired) electrons. The van der Waals surface area contributed by atoms with E-state index in [1.165, 1.54) is 18.6 Å². The first-order valence-corrected chi connectivity index (χ1v) is 6.95. The number of nitrogens with one attached hydrogen (secondary N) is 1. The molecular weight excluding hydrogens is 306 g/mol. The number of carbonyl (C=O) groups excluding carboxylic acids is 1. The average Bonchev–Trinajstić information content (AvgIpc) is 2.52. The van der Waals surface area contributed by atoms with Crippen molar-refractivity contribution in [2.45, 2.75) is 12.3 Å². The topological polar surface area (TPSA) is 92.2 Å². The van der Waals surface area contributed by atoms with Crippen molar-refractivity contribution in [2.75, 3.05) is 6.54 Å². The SMILES string of the molecule is O=C(O)CC(CNC(=O)c1cnccn1)c1ccc(Cl)cc1. The molecule has 114 valence electrons. The number of hydrogen-bond acceptors (Lipinski definition) is 4. The number of carbonyl (C=O) groups is 2. The van der Waals surface area contributed by atoms with E-state index in [9.17, 15) is 9.59 Å². The molecule has 1 aromatic carbocycles. The maximum absolute atomic E-state index is 11.9. The van der Waals surface area contributed by atoms with Crippen molar-refractivity contribution in [1.82, 2.24) is 15.3 Å². The molecule has 1 heterocycles. The standard InChI is InChI=1S/C15H14ClN3O3/c16-12-3-1-10(2-4-12)11(7-14(20)21)8-19-15(22)13-9-17-5-6-18-13/h1-6,9,11H,7-8H2,(H,19,22)(H,20,21). The molecule has 0 saturated heterocycles. The molecule has 22 heavy (non-hydrogen) atoms. The minimum absolute atomic E-state index is 0.0949. The Morgan fingerprint density at radius 2 is 1.95 bits per heavy atom. The lowest BCUT2D eigenvalue weighted by Gasteiger charge is -2.16. The van der Waals surface area contributed by atoms with Gasteiger partial charge in [0.15, 0.2) is 0 Å². The van der Waals surface area contributed by atoms with E-state index in [4.69, 9.17) is 16.7 Å². The molecule has 0 aliphatic carbocycles. The van der Waals surface area contributed by atoms with Crippen molar-refractivity contribution in [1.29, 1.82) is 0 Å². The highest BCUT2D eigenvalue weighted by Crippen LogP contribution is 2.21. The number of aromatic nitrogens is 2. The van der Waals surface area contributed by atoms with Gasteiger partial charge in [-0.3, -0.25) is 14.6 Å². The van der Waals surface area contributed by atoms with Crippen LogP contribution in [0, 0.1) is 0 Å². The van der Waals surface area contributed by atoms with Crippen molar-refractivity contribution in [3.05, 3.63) is 59.1 Å². The molecule has 1 amide bonds. The monoisotopic (exact) mass is 319 g/mol. The first-order valence-electron chi connectivity index (χ1n) is 6.57. The Morgan fingerprint density at radius 3 is 2.55 bits per heavy atom. The summed E-state index contributed by atoms with van der Waals surface area (Å²) >= 11 is 5.83. The lowest BCUT2D eigenvalue weighted by atomic mass is 9.95. The van der Waals surface area contributed by atoms with E-state index in [0.29, 0.717) is 5.02 Å². The Bertz CT molecular complexity index is 647. The van der Waals surface area contributed by atoms with Gasteiger partial charge in [0, 0.05) is 29.9 Å². The summed E-state index contributed by atoms with van der Waals surface area (Å²) < 4.78 is 0. The van der Waals surface area contributed by atoms with Gasteiger partial charge in [0.25, 0.3) is 5.91 Å². The van der Waals surface area contributed by atoms with Crippen LogP contribution in [-0.2, 0) is 4.79 Å². The van der Waals surface area contributed by atoms with Gasteiger partial charge in [0.05, 0.1) is 12.6 Å². The summed E-state index contributed by atoms with van der Waals surface area (Å²) in [5.41, 5.74) is 0.985. The van der Waals surface area contributed by atoms with E-state index in [0.717, 1.165) is 5.56 Å². The van der Waals surface area contributed by atoms with Crippen molar-refractivity contribution in [3.8, 4) is 0 Å². The van der Waals surface area contributed by atoms with Crippen molar-refractivity contribution in [2.24, 2.45) is 0 Å². The molecule has 0 fully saturated rings. The van der Waals surface area contributed by atoms with Crippen LogP contribution in [0.5, 0.6) is 0 Å². The number of carboxylic acid groups (broad SMARTS) is 1. The predicted molar refractivity (Wildman–Crippen MR) is 80.8 cm³/mol. The fourth-order valence-corrected chi connectivity index (χ4v) is 2.10. The zero-order valence-electron chi connectivity index (χ0n) is 11.6. The Balaban J connectivity index is 2.05. The first-order chi connectivity index (χ1) is 10.6. The smallest absolute Gasteiger partial charge is 0.304 e. The van der Waals surface area contributed by atoms with E-state index < -0.39 is 11.9 Å². The number of aliphatic carboxylic acids is 1. The summed E-state index contributed by atoms with van der Waals surface area (Å²) in [5.74, 6) is -1.68. The average molecular weight is 320 g/mol. The van der Waals surface area contributed by atoms with E-state index in [2.05, 4.69) is 15.3 Å². The molecule has 0 saturated carbocycles. The maximum atomic E-state index is 11.9. The van der Waals surface area contributed by atoms with Crippen LogP contribution in [0.25, 0.3) is 0 Å². The number of hydrogen-bond donors (Lipinski definition) is 2. The zero-order chi connectivity index (χ0) is 15.9. The molecule has 2 N–H and O–H groups in total. The summed E-state index contributed by atoms with van der Waals surface area (Å²) in [6.07, 6.45) is 4.15. The third-order valence-corrected chi connectivity index (χ3v) is 3.32. The van der Waals surface area contributed by atoms with Gasteiger partial charge in [-0.25, -0.2) is 4.98 Å². The molecule has 0 aliphatic rings. The summed E-state index contributed by atoms with van der Waals surface area (Å²) in [6, 6.07) is 6.89. The van der Waals surface area contributed by atoms with E-state index >= 15 is 0 Å². The molecule has 0 spiro atoms. The molecule has 0 bridgehead atoms. The number of benzene rings is 1. The molecule has 6 nitrogen and oxygen atoms in total. The van der Waals surface area contributed by atoms with Gasteiger partial charge in [-0.05, 0) is 17.7 Å². The lowest BCUT2D eigenvalue weighted by Crippen LogP contribution is -2.30. The first kappa shape index (κ1) is 15.9. The molecule has 1 unspecified atom stereocenters. The van der Waals surface area contributed by atoms with Crippen molar-refractivity contribution >= 4 is 23.5 Å². The van der Waals surface area contributed by atoms with Gasteiger partial charge in [-0.2, -0.15) is 0 Å². The lowest BCUT2D eigenvalue weighted by molar-refractivity contribution is -0.137. The van der Waals surface area contributed by atoms with Gasteiger partial charge in [-0.1, -0.05) is 23.7 Å². The minimum Gasteiger partial charge on any atom is -0.481 e. The van der Waals surface area contributed by atoms with Crippen molar-refractivity contribution in [3.63, 3.8) is 0 Å². The molecule has 1 atom stereocenters. The number of nitrogens with zero attached hydrogens (tertiary/aromatic N) is 2. The summed E-state index contributed by atoms with van der Waals surface area (Å²) in [4.78, 5) is 30.7. The van der Waals surface area contributed by atoms with E-state index in [1.54, 1.807) is 24.3 Å². The van der Waals surface area contributed by atoms with Crippen LogP contribution in [0.1, 0.15) is 28.4 Å². The highest BCUT2D eigenvalue weighted by Gasteiger charge is 2.17. The maximum Gasteiger partial charge on any atom is 0.304 e. The Hall–Kier alpha value is -2.47. The molecule has 2 rings (SSSR count). The molecule has 0 aliphatic heterocycles. The highest BCUT2D eigenvalue weighted by molar-refractivity contribution is 6.30. The quantitative estimate of drug-likeness (QED) is 0.850. The second-order valence-electron chi connectivity index (χ2n) is 4.65. The third kappa shape index (κ3) is 4.53. The second-order valence-corrected chi connectivity index (χ2v) is 5.08. The van der Waals surface area contributed by atoms with Crippen LogP contribution in [-0.4, -0.2) is 33.5 Å². The fourth-order valence-electron chi connectivity index (χ4n) is 1.98. The summed E-state index contributed by atoms with van der Waals surface area (Å²) in [7, 11) is 0. The van der Waals surface area contributed by atoms with Crippen LogP contribution < -0.4 is 5.32 Å². The van der Waals surface area contributed by atoms with Crippen LogP contribution in [0.15, 0.2) is 42.9 Å². The normalized spacial score (nSPS) is 11.7. The Labute approximate surface area is 132 Å². The second kappa shape index (κ2) is 7.51. The summed E-state index contributed by atoms with van der Waals surface area (Å²) in [6.45, 7) is 0.184. The van der Waals surface area contributed by atoms with E-state index in [-0.39, 0.29) is 24.6 Å². The van der Waals surface area contributed by atoms with Gasteiger partial charge >= 0.3 is 5.97 Å². The Morgan fingerprint density at radius 1 is 1.23 bits per heavy atom. The van der Waals surface area contributed by atoms with Gasteiger partial charge in [0.1, 0.15) is 5.69 Å². The number of carboxylic acids is 1. The molecule has 2 aromatic rings. The third-order valence-electron chi connectivity index (χ3n) is 3.07. The van der Waals surface area contributed by atoms with Gasteiger partial charge < -0.3 is 10.4 Å². The predicted octanol–water partition coefficient (Wildman–Crippen LogP) is 2.12. The van der Waals surface area contributed by atoms with Crippen LogP contribution >= 0.6 is 11.6 Å². The molecule has 1 aromatic heterocycles. The summed E-state index contributed by atoms with van der Waals surface area (Å²) in [5, 5.41) is 12.3. The van der Waals surface area contributed by atoms with E-state index in [1.807, 2.05) is 0 Å². The molecular formula is C15H14ClN3O3. The van der Waals surface area contributed by atoms with Crippen LogP contribution in [0.4, 0.5) is 0 Å². The fraction of sp³-hybridized carbons (Fsp3) is 0.200. The largest absolute Gasteiger partial charge is 0.481 e. The minimum atomic E-state index is -0.936. The van der Waals surface area contributed by atoms with Crippen LogP contribution in [0.3, 0.4) is 0 Å². The zero-order valence-corrected chi connectivity index (χ0v) is 12.3. The Kier molecular flexibility index (Phi) is 5.43. The highest BCUT2D eigenvalue weighted by atomic mass is 35.5. The van der Waals surface area contributed by atoms with Crippen molar-refractivity contribution < 1.29 is 14.7 Å². The number of amides is 1. The van der Waals surface area contributed by atoms with Gasteiger partial charge in [0.2, 0.25) is 0 Å². The number of rotatable bonds is 6.